The van der Waals surface area contributed by atoms with Gasteiger partial charge < -0.3 is 4.74 Å². The molecular formula is C12H15BrFNO2. The Morgan fingerprint density at radius 2 is 2.12 bits per heavy atom. The highest BCUT2D eigenvalue weighted by Crippen LogP contribution is 2.21. The van der Waals surface area contributed by atoms with Gasteiger partial charge in [-0.25, -0.2) is 4.39 Å². The highest BCUT2D eigenvalue weighted by molar-refractivity contribution is 9.10. The first-order valence-electron chi connectivity index (χ1n) is 5.24. The second kappa shape index (κ2) is 6.12. The number of hydrogen-bond donors (Lipinski definition) is 1. The number of nitrogens with one attached hydrogen (secondary N) is 1. The van der Waals surface area contributed by atoms with Crippen molar-refractivity contribution in [3.8, 4) is 0 Å². The number of benzene rings is 1. The van der Waals surface area contributed by atoms with E-state index in [1.54, 1.807) is 19.1 Å². The van der Waals surface area contributed by atoms with Gasteiger partial charge in [-0.05, 0) is 47.5 Å². The molecule has 1 rings (SSSR count). The van der Waals surface area contributed by atoms with E-state index < -0.39 is 6.04 Å². The molecule has 1 aromatic rings. The highest BCUT2D eigenvalue weighted by atomic mass is 79.9. The maximum absolute atomic E-state index is 13.1. The molecular weight excluding hydrogens is 289 g/mol. The third-order valence-electron chi connectivity index (χ3n) is 2.50. The van der Waals surface area contributed by atoms with Crippen molar-refractivity contribution < 1.29 is 13.9 Å². The largest absolute Gasteiger partial charge is 0.468 e. The van der Waals surface area contributed by atoms with Crippen LogP contribution in [0.1, 0.15) is 25.5 Å². The standard InChI is InChI=1S/C12H15BrFNO2/c1-7(15-8(2)12(16)17-3)9-4-5-11(14)10(13)6-9/h4-8,15H,1-3H3. The molecule has 0 saturated carbocycles. The number of hydrogen-bond acceptors (Lipinski definition) is 3. The number of carbonyl (C=O) groups is 1. The van der Waals surface area contributed by atoms with Crippen LogP contribution >= 0.6 is 15.9 Å². The third kappa shape index (κ3) is 3.78. The first-order chi connectivity index (χ1) is 7.95. The maximum atomic E-state index is 13.1. The van der Waals surface area contributed by atoms with Crippen molar-refractivity contribution in [1.29, 1.82) is 0 Å². The van der Waals surface area contributed by atoms with Crippen LogP contribution in [0.4, 0.5) is 4.39 Å². The molecule has 0 heterocycles. The van der Waals surface area contributed by atoms with Crippen LogP contribution in [0, 0.1) is 5.82 Å². The fraction of sp³-hybridized carbons (Fsp3) is 0.417. The average molecular weight is 304 g/mol. The van der Waals surface area contributed by atoms with E-state index in [2.05, 4.69) is 26.0 Å². The highest BCUT2D eigenvalue weighted by Gasteiger charge is 2.16. The molecule has 0 aliphatic carbocycles. The normalized spacial score (nSPS) is 14.2. The van der Waals surface area contributed by atoms with Gasteiger partial charge in [0.05, 0.1) is 11.6 Å². The molecule has 2 unspecified atom stereocenters. The van der Waals surface area contributed by atoms with E-state index in [0.29, 0.717) is 4.47 Å². The molecule has 0 bridgehead atoms. The molecule has 1 N–H and O–H groups in total. The number of rotatable bonds is 4. The minimum absolute atomic E-state index is 0.0685. The second-order valence-electron chi connectivity index (χ2n) is 3.81. The van der Waals surface area contributed by atoms with Crippen LogP contribution in [0.3, 0.4) is 0 Å². The summed E-state index contributed by atoms with van der Waals surface area (Å²) in [5.74, 6) is -0.625. The molecule has 0 spiro atoms. The van der Waals surface area contributed by atoms with E-state index in [-0.39, 0.29) is 17.8 Å². The molecule has 0 radical (unpaired) electrons. The van der Waals surface area contributed by atoms with Gasteiger partial charge in [0.25, 0.3) is 0 Å². The zero-order valence-corrected chi connectivity index (χ0v) is 11.5. The first kappa shape index (κ1) is 14.1. The summed E-state index contributed by atoms with van der Waals surface area (Å²) in [6.07, 6.45) is 0. The number of ether oxygens (including phenoxy) is 1. The van der Waals surface area contributed by atoms with Crippen LogP contribution in [0.2, 0.25) is 0 Å². The molecule has 0 aliphatic heterocycles. The summed E-state index contributed by atoms with van der Waals surface area (Å²) in [6.45, 7) is 3.63. The smallest absolute Gasteiger partial charge is 0.322 e. The lowest BCUT2D eigenvalue weighted by molar-refractivity contribution is -0.142. The van der Waals surface area contributed by atoms with Crippen molar-refractivity contribution in [2.45, 2.75) is 25.9 Å². The monoisotopic (exact) mass is 303 g/mol. The summed E-state index contributed by atoms with van der Waals surface area (Å²) >= 11 is 3.13. The predicted octanol–water partition coefficient (Wildman–Crippen LogP) is 2.80. The van der Waals surface area contributed by atoms with E-state index >= 15 is 0 Å². The summed E-state index contributed by atoms with van der Waals surface area (Å²) in [4.78, 5) is 11.2. The van der Waals surface area contributed by atoms with E-state index in [9.17, 15) is 9.18 Å². The molecule has 0 saturated heterocycles. The fourth-order valence-electron chi connectivity index (χ4n) is 1.50. The van der Waals surface area contributed by atoms with Crippen LogP contribution < -0.4 is 5.32 Å². The Labute approximate surface area is 108 Å². The second-order valence-corrected chi connectivity index (χ2v) is 4.66. The lowest BCUT2D eigenvalue weighted by Crippen LogP contribution is -2.36. The van der Waals surface area contributed by atoms with Crippen molar-refractivity contribution in [1.82, 2.24) is 5.32 Å². The lowest BCUT2D eigenvalue weighted by Gasteiger charge is -2.18. The van der Waals surface area contributed by atoms with Crippen LogP contribution in [-0.2, 0) is 9.53 Å². The topological polar surface area (TPSA) is 38.3 Å². The molecule has 0 aliphatic rings. The van der Waals surface area contributed by atoms with Gasteiger partial charge >= 0.3 is 5.97 Å². The van der Waals surface area contributed by atoms with Crippen molar-refractivity contribution >= 4 is 21.9 Å². The molecule has 0 fully saturated rings. The Balaban J connectivity index is 2.72. The Morgan fingerprint density at radius 1 is 1.47 bits per heavy atom. The molecule has 0 amide bonds. The number of esters is 1. The van der Waals surface area contributed by atoms with Gasteiger partial charge in [-0.2, -0.15) is 0 Å². The predicted molar refractivity (Wildman–Crippen MR) is 67.1 cm³/mol. The number of halogens is 2. The maximum Gasteiger partial charge on any atom is 0.322 e. The summed E-state index contributed by atoms with van der Waals surface area (Å²) in [5, 5.41) is 3.08. The van der Waals surface area contributed by atoms with E-state index in [4.69, 9.17) is 0 Å². The summed E-state index contributed by atoms with van der Waals surface area (Å²) in [5.41, 5.74) is 0.897. The fourth-order valence-corrected chi connectivity index (χ4v) is 1.89. The van der Waals surface area contributed by atoms with E-state index in [1.165, 1.54) is 13.2 Å². The van der Waals surface area contributed by atoms with Crippen LogP contribution in [0.5, 0.6) is 0 Å². The van der Waals surface area contributed by atoms with Crippen molar-refractivity contribution in [2.24, 2.45) is 0 Å². The summed E-state index contributed by atoms with van der Waals surface area (Å²) in [7, 11) is 1.35. The number of carbonyl (C=O) groups excluding carboxylic acids is 1. The van der Waals surface area contributed by atoms with Gasteiger partial charge in [-0.3, -0.25) is 10.1 Å². The van der Waals surface area contributed by atoms with Crippen LogP contribution in [-0.4, -0.2) is 19.1 Å². The van der Waals surface area contributed by atoms with E-state index in [1.807, 2.05) is 6.92 Å². The quantitative estimate of drug-likeness (QED) is 0.869. The zero-order chi connectivity index (χ0) is 13.0. The van der Waals surface area contributed by atoms with Gasteiger partial charge in [0, 0.05) is 6.04 Å². The number of methoxy groups -OCH3 is 1. The Morgan fingerprint density at radius 3 is 2.65 bits per heavy atom. The average Bonchev–Trinajstić information content (AvgIpc) is 2.31. The Bertz CT molecular complexity index is 411. The Kier molecular flexibility index (Phi) is 5.08. The van der Waals surface area contributed by atoms with Gasteiger partial charge in [-0.15, -0.1) is 0 Å². The van der Waals surface area contributed by atoms with Gasteiger partial charge in [0.1, 0.15) is 11.9 Å². The zero-order valence-electron chi connectivity index (χ0n) is 9.96. The van der Waals surface area contributed by atoms with E-state index in [0.717, 1.165) is 5.56 Å². The molecule has 17 heavy (non-hydrogen) atoms. The van der Waals surface area contributed by atoms with Crippen molar-refractivity contribution in [3.05, 3.63) is 34.1 Å². The van der Waals surface area contributed by atoms with Gasteiger partial charge in [0.15, 0.2) is 0 Å². The van der Waals surface area contributed by atoms with Crippen LogP contribution in [0.25, 0.3) is 0 Å². The van der Waals surface area contributed by atoms with Crippen molar-refractivity contribution in [2.75, 3.05) is 7.11 Å². The van der Waals surface area contributed by atoms with Gasteiger partial charge in [0.2, 0.25) is 0 Å². The molecule has 1 aromatic carbocycles. The molecule has 2 atom stereocenters. The molecule has 0 aromatic heterocycles. The lowest BCUT2D eigenvalue weighted by atomic mass is 10.1. The van der Waals surface area contributed by atoms with Gasteiger partial charge in [-0.1, -0.05) is 6.07 Å². The van der Waals surface area contributed by atoms with Crippen molar-refractivity contribution in [3.63, 3.8) is 0 Å². The first-order valence-corrected chi connectivity index (χ1v) is 6.03. The molecule has 94 valence electrons. The summed E-state index contributed by atoms with van der Waals surface area (Å²) < 4.78 is 18.1. The minimum Gasteiger partial charge on any atom is -0.468 e. The molecule has 5 heteroatoms. The van der Waals surface area contributed by atoms with Crippen LogP contribution in [0.15, 0.2) is 22.7 Å². The summed E-state index contributed by atoms with van der Waals surface area (Å²) in [6, 6.07) is 4.29. The third-order valence-corrected chi connectivity index (χ3v) is 3.11. The Hall–Kier alpha value is -0.940. The minimum atomic E-state index is -0.404. The SMILES string of the molecule is COC(=O)C(C)NC(C)c1ccc(F)c(Br)c1. The molecule has 3 nitrogen and oxygen atoms in total.